The van der Waals surface area contributed by atoms with Crippen LogP contribution in [0.5, 0.6) is 0 Å². The predicted octanol–water partition coefficient (Wildman–Crippen LogP) is 4.21. The number of nitrogens with one attached hydrogen (secondary N) is 1. The van der Waals surface area contributed by atoms with Crippen molar-refractivity contribution in [3.63, 3.8) is 0 Å². The summed E-state index contributed by atoms with van der Waals surface area (Å²) < 4.78 is 15.5. The van der Waals surface area contributed by atoms with Crippen LogP contribution in [0.3, 0.4) is 0 Å². The van der Waals surface area contributed by atoms with E-state index >= 15 is 0 Å². The van der Waals surface area contributed by atoms with E-state index in [2.05, 4.69) is 10.1 Å². The average molecular weight is 441 g/mol. The van der Waals surface area contributed by atoms with E-state index in [1.165, 1.54) is 0 Å². The molecule has 0 atom stereocenters. The first kappa shape index (κ1) is 22.4. The molecule has 0 amide bonds. The van der Waals surface area contributed by atoms with Crippen LogP contribution in [0, 0.1) is 20.2 Å². The van der Waals surface area contributed by atoms with Crippen molar-refractivity contribution in [2.45, 2.75) is 19.8 Å². The van der Waals surface area contributed by atoms with Crippen molar-refractivity contribution >= 4 is 23.0 Å². The molecule has 2 aromatic carbocycles. The van der Waals surface area contributed by atoms with Gasteiger partial charge in [-0.3, -0.25) is 20.2 Å². The fourth-order valence-corrected chi connectivity index (χ4v) is 3.00. The highest BCUT2D eigenvalue weighted by Crippen LogP contribution is 2.34. The Morgan fingerprint density at radius 3 is 2.47 bits per heavy atom. The molecule has 1 aromatic heterocycles. The van der Waals surface area contributed by atoms with Crippen LogP contribution in [0.4, 0.5) is 17.1 Å². The number of hydrogen-bond donors (Lipinski definition) is 1. The molecule has 1 heterocycles. The van der Waals surface area contributed by atoms with E-state index < -0.39 is 27.2 Å². The molecule has 3 rings (SSSR count). The van der Waals surface area contributed by atoms with Crippen LogP contribution in [-0.2, 0) is 29.2 Å². The first-order valence-corrected chi connectivity index (χ1v) is 9.36. The van der Waals surface area contributed by atoms with Crippen LogP contribution >= 0.6 is 0 Å². The molecular weight excluding hydrogens is 422 g/mol. The quantitative estimate of drug-likeness (QED) is 0.277. The molecule has 1 N–H and O–H groups in total. The zero-order valence-electron chi connectivity index (χ0n) is 17.0. The second-order valence-corrected chi connectivity index (χ2v) is 6.64. The van der Waals surface area contributed by atoms with Gasteiger partial charge in [-0.2, -0.15) is 0 Å². The number of carbonyl (C=O) groups is 1. The SMILES string of the molecule is COC(=O)c1cc([N+](=O)[O-])cc([N+](=O)[O-])c1NCc1cccc(COCc2ccco2)c1. The number of nitro groups is 2. The Labute approximate surface area is 181 Å². The third-order valence-corrected chi connectivity index (χ3v) is 4.47. The van der Waals surface area contributed by atoms with Crippen LogP contribution in [0.25, 0.3) is 0 Å². The van der Waals surface area contributed by atoms with Gasteiger partial charge in [0.1, 0.15) is 18.1 Å². The van der Waals surface area contributed by atoms with Crippen molar-refractivity contribution in [2.75, 3.05) is 12.4 Å². The number of anilines is 1. The molecule has 0 aliphatic carbocycles. The topological polar surface area (TPSA) is 147 Å². The monoisotopic (exact) mass is 441 g/mol. The summed E-state index contributed by atoms with van der Waals surface area (Å²) in [6, 6.07) is 12.6. The number of esters is 1. The van der Waals surface area contributed by atoms with Crippen molar-refractivity contribution < 1.29 is 28.5 Å². The Balaban J connectivity index is 1.79. The fourth-order valence-electron chi connectivity index (χ4n) is 3.00. The van der Waals surface area contributed by atoms with Gasteiger partial charge >= 0.3 is 5.97 Å². The van der Waals surface area contributed by atoms with E-state index in [1.54, 1.807) is 30.5 Å². The molecule has 0 aliphatic rings. The minimum Gasteiger partial charge on any atom is -0.467 e. The molecule has 0 aliphatic heterocycles. The third kappa shape index (κ3) is 5.46. The number of nitro benzene ring substituents is 2. The lowest BCUT2D eigenvalue weighted by molar-refractivity contribution is -0.393. The summed E-state index contributed by atoms with van der Waals surface area (Å²) >= 11 is 0. The standard InChI is InChI=1S/C21H19N3O8/c1-30-21(25)18-9-16(23(26)27)10-19(24(28)29)20(18)22-11-14-4-2-5-15(8-14)12-31-13-17-6-3-7-32-17/h2-10,22H,11-13H2,1H3. The third-order valence-electron chi connectivity index (χ3n) is 4.47. The van der Waals surface area contributed by atoms with Crippen LogP contribution in [0.15, 0.2) is 59.2 Å². The highest BCUT2D eigenvalue weighted by Gasteiger charge is 2.28. The van der Waals surface area contributed by atoms with Crippen LogP contribution in [0.1, 0.15) is 27.2 Å². The van der Waals surface area contributed by atoms with Gasteiger partial charge in [0.05, 0.1) is 41.5 Å². The molecule has 0 saturated heterocycles. The van der Waals surface area contributed by atoms with Crippen molar-refractivity contribution in [2.24, 2.45) is 0 Å². The number of carbonyl (C=O) groups excluding carboxylic acids is 1. The lowest BCUT2D eigenvalue weighted by Crippen LogP contribution is -2.11. The maximum atomic E-state index is 12.1. The van der Waals surface area contributed by atoms with E-state index in [9.17, 15) is 25.0 Å². The molecule has 3 aromatic rings. The number of ether oxygens (including phenoxy) is 2. The molecule has 0 bridgehead atoms. The summed E-state index contributed by atoms with van der Waals surface area (Å²) in [7, 11) is 1.09. The van der Waals surface area contributed by atoms with E-state index in [0.717, 1.165) is 30.4 Å². The first-order valence-electron chi connectivity index (χ1n) is 9.36. The molecule has 32 heavy (non-hydrogen) atoms. The Hall–Kier alpha value is -4.25. The van der Waals surface area contributed by atoms with Crippen molar-refractivity contribution in [1.82, 2.24) is 0 Å². The van der Waals surface area contributed by atoms with Gasteiger partial charge in [0.15, 0.2) is 0 Å². The zero-order valence-corrected chi connectivity index (χ0v) is 17.0. The van der Waals surface area contributed by atoms with E-state index in [1.807, 2.05) is 12.1 Å². The Morgan fingerprint density at radius 2 is 1.81 bits per heavy atom. The molecule has 11 nitrogen and oxygen atoms in total. The van der Waals surface area contributed by atoms with Gasteiger partial charge in [0.2, 0.25) is 0 Å². The van der Waals surface area contributed by atoms with Gasteiger partial charge in [-0.15, -0.1) is 0 Å². The number of methoxy groups -OCH3 is 1. The van der Waals surface area contributed by atoms with E-state index in [4.69, 9.17) is 9.15 Å². The Bertz CT molecular complexity index is 1130. The van der Waals surface area contributed by atoms with E-state index in [-0.39, 0.29) is 17.8 Å². The van der Waals surface area contributed by atoms with Gasteiger partial charge in [-0.25, -0.2) is 4.79 Å². The summed E-state index contributed by atoms with van der Waals surface area (Å²) in [6.45, 7) is 0.751. The number of rotatable bonds is 10. The lowest BCUT2D eigenvalue weighted by atomic mass is 10.1. The molecule has 0 unspecified atom stereocenters. The first-order chi connectivity index (χ1) is 15.4. The van der Waals surface area contributed by atoms with Gasteiger partial charge < -0.3 is 19.2 Å². The molecule has 11 heteroatoms. The number of nitrogens with zero attached hydrogens (tertiary/aromatic N) is 2. The minimum atomic E-state index is -0.931. The molecule has 0 radical (unpaired) electrons. The van der Waals surface area contributed by atoms with Gasteiger partial charge in [-0.05, 0) is 23.3 Å². The minimum absolute atomic E-state index is 0.120. The van der Waals surface area contributed by atoms with Gasteiger partial charge in [0, 0.05) is 12.6 Å². The van der Waals surface area contributed by atoms with Gasteiger partial charge in [-0.1, -0.05) is 24.3 Å². The fraction of sp³-hybridized carbons (Fsp3) is 0.190. The second kappa shape index (κ2) is 10.2. The predicted molar refractivity (Wildman–Crippen MR) is 112 cm³/mol. The molecular formula is C21H19N3O8. The summed E-state index contributed by atoms with van der Waals surface area (Å²) in [5, 5.41) is 25.5. The summed E-state index contributed by atoms with van der Waals surface area (Å²) in [5.41, 5.74) is -0.0241. The van der Waals surface area contributed by atoms with Crippen LogP contribution < -0.4 is 5.32 Å². The normalized spacial score (nSPS) is 10.5. The largest absolute Gasteiger partial charge is 0.467 e. The number of non-ortho nitro benzene ring substituents is 1. The number of hydrogen-bond acceptors (Lipinski definition) is 9. The maximum Gasteiger partial charge on any atom is 0.340 e. The summed E-state index contributed by atoms with van der Waals surface area (Å²) in [4.78, 5) is 33.2. The maximum absolute atomic E-state index is 12.1. The molecule has 0 fully saturated rings. The molecule has 0 saturated carbocycles. The summed E-state index contributed by atoms with van der Waals surface area (Å²) in [6.07, 6.45) is 1.56. The van der Waals surface area contributed by atoms with Crippen LogP contribution in [-0.4, -0.2) is 22.9 Å². The smallest absolute Gasteiger partial charge is 0.340 e. The average Bonchev–Trinajstić information content (AvgIpc) is 3.30. The van der Waals surface area contributed by atoms with E-state index in [0.29, 0.717) is 19.0 Å². The van der Waals surface area contributed by atoms with Crippen molar-refractivity contribution in [1.29, 1.82) is 0 Å². The highest BCUT2D eigenvalue weighted by molar-refractivity contribution is 5.99. The summed E-state index contributed by atoms with van der Waals surface area (Å²) in [5.74, 6) is -0.233. The van der Waals surface area contributed by atoms with Crippen molar-refractivity contribution in [3.8, 4) is 0 Å². The zero-order chi connectivity index (χ0) is 23.1. The van der Waals surface area contributed by atoms with Crippen molar-refractivity contribution in [3.05, 3.63) is 97.5 Å². The Kier molecular flexibility index (Phi) is 7.13. The highest BCUT2D eigenvalue weighted by atomic mass is 16.6. The number of benzene rings is 2. The second-order valence-electron chi connectivity index (χ2n) is 6.64. The van der Waals surface area contributed by atoms with Crippen LogP contribution in [0.2, 0.25) is 0 Å². The lowest BCUT2D eigenvalue weighted by Gasteiger charge is -2.12. The van der Waals surface area contributed by atoms with Gasteiger partial charge in [0.25, 0.3) is 11.4 Å². The number of furan rings is 1. The molecule has 166 valence electrons. The Morgan fingerprint density at radius 1 is 1.03 bits per heavy atom. The molecule has 0 spiro atoms.